The Morgan fingerprint density at radius 1 is 0.818 bits per heavy atom. The van der Waals surface area contributed by atoms with Gasteiger partial charge in [-0.2, -0.15) is 5.10 Å². The van der Waals surface area contributed by atoms with Gasteiger partial charge < -0.3 is 14.9 Å². The minimum absolute atomic E-state index is 0.0536. The fourth-order valence-electron chi connectivity index (χ4n) is 4.08. The number of carbonyl (C=O) groups excluding carboxylic acids is 1. The quantitative estimate of drug-likeness (QED) is 0.474. The van der Waals surface area contributed by atoms with Gasteiger partial charge in [-0.3, -0.25) is 4.79 Å². The second kappa shape index (κ2) is 9.00. The first kappa shape index (κ1) is 21.1. The van der Waals surface area contributed by atoms with E-state index in [1.54, 1.807) is 16.8 Å². The number of aromatic nitrogens is 2. The number of para-hydroxylation sites is 1. The van der Waals surface area contributed by atoms with Crippen molar-refractivity contribution in [3.63, 3.8) is 0 Å². The van der Waals surface area contributed by atoms with Crippen LogP contribution >= 0.6 is 11.6 Å². The zero-order valence-electron chi connectivity index (χ0n) is 17.9. The molecule has 7 heteroatoms. The molecule has 1 aliphatic heterocycles. The van der Waals surface area contributed by atoms with E-state index < -0.39 is 0 Å². The molecule has 4 aromatic rings. The summed E-state index contributed by atoms with van der Waals surface area (Å²) in [4.78, 5) is 17.6. The number of anilines is 1. The Hall–Kier alpha value is -3.77. The molecule has 0 atom stereocenters. The molecular weight excluding hydrogens is 436 g/mol. The molecule has 0 aliphatic carbocycles. The number of nitrogens with zero attached hydrogens (tertiary/aromatic N) is 4. The van der Waals surface area contributed by atoms with Gasteiger partial charge >= 0.3 is 0 Å². The Kier molecular flexibility index (Phi) is 5.75. The Labute approximate surface area is 197 Å². The summed E-state index contributed by atoms with van der Waals surface area (Å²) < 4.78 is 1.72. The second-order valence-electron chi connectivity index (χ2n) is 7.97. The molecule has 6 nitrogen and oxygen atoms in total. The molecule has 0 unspecified atom stereocenters. The normalized spacial score (nSPS) is 13.8. The number of phenolic OH excluding ortho intramolecular Hbond substituents is 1. The van der Waals surface area contributed by atoms with E-state index in [2.05, 4.69) is 4.90 Å². The zero-order chi connectivity index (χ0) is 22.8. The maximum Gasteiger partial charge on any atom is 0.272 e. The van der Waals surface area contributed by atoms with E-state index in [1.165, 1.54) is 0 Å². The van der Waals surface area contributed by atoms with Crippen LogP contribution in [0.1, 0.15) is 10.5 Å². The van der Waals surface area contributed by atoms with Gasteiger partial charge in [0.2, 0.25) is 0 Å². The number of hydrogen-bond acceptors (Lipinski definition) is 4. The second-order valence-corrected chi connectivity index (χ2v) is 8.40. The van der Waals surface area contributed by atoms with Gasteiger partial charge in [0.15, 0.2) is 0 Å². The number of benzene rings is 3. The molecule has 1 saturated heterocycles. The summed E-state index contributed by atoms with van der Waals surface area (Å²) in [6.45, 7) is 2.56. The van der Waals surface area contributed by atoms with Crippen LogP contribution in [0.3, 0.4) is 0 Å². The monoisotopic (exact) mass is 458 g/mol. The molecule has 33 heavy (non-hydrogen) atoms. The van der Waals surface area contributed by atoms with E-state index in [1.807, 2.05) is 77.7 Å². The van der Waals surface area contributed by atoms with Gasteiger partial charge in [0.1, 0.15) is 11.4 Å². The fraction of sp³-hybridized carbons (Fsp3) is 0.154. The van der Waals surface area contributed by atoms with Crippen molar-refractivity contribution in [3.05, 3.63) is 95.6 Å². The lowest BCUT2D eigenvalue weighted by molar-refractivity contribution is 0.0737. The summed E-state index contributed by atoms with van der Waals surface area (Å²) in [5.41, 5.74) is 3.94. The van der Waals surface area contributed by atoms with Crippen molar-refractivity contribution in [1.82, 2.24) is 14.7 Å². The number of aromatic hydroxyl groups is 1. The number of phenols is 1. The molecular formula is C26H23ClN4O2. The van der Waals surface area contributed by atoms with Crippen LogP contribution in [0.15, 0.2) is 84.9 Å². The predicted octanol–water partition coefficient (Wildman–Crippen LogP) is 4.86. The average molecular weight is 459 g/mol. The van der Waals surface area contributed by atoms with Crippen LogP contribution in [0.2, 0.25) is 5.02 Å². The predicted molar refractivity (Wildman–Crippen MR) is 130 cm³/mol. The SMILES string of the molecule is O=C(c1cc(-c2ccc(Cl)cc2)nn1-c1ccccc1)N1CCN(c2cccc(O)c2)CC1. The molecule has 0 bridgehead atoms. The summed E-state index contributed by atoms with van der Waals surface area (Å²) in [6, 6.07) is 26.2. The van der Waals surface area contributed by atoms with Crippen LogP contribution < -0.4 is 4.90 Å². The zero-order valence-corrected chi connectivity index (χ0v) is 18.7. The Bertz CT molecular complexity index is 1260. The van der Waals surface area contributed by atoms with E-state index in [0.29, 0.717) is 36.9 Å². The van der Waals surface area contributed by atoms with Gasteiger partial charge in [-0.1, -0.05) is 48.0 Å². The third kappa shape index (κ3) is 4.43. The van der Waals surface area contributed by atoms with E-state index >= 15 is 0 Å². The molecule has 1 amide bonds. The van der Waals surface area contributed by atoms with Gasteiger partial charge in [-0.25, -0.2) is 4.68 Å². The first-order valence-corrected chi connectivity index (χ1v) is 11.2. The lowest BCUT2D eigenvalue weighted by Crippen LogP contribution is -2.49. The van der Waals surface area contributed by atoms with E-state index in [9.17, 15) is 9.90 Å². The molecule has 3 aromatic carbocycles. The van der Waals surface area contributed by atoms with Gasteiger partial charge in [0.05, 0.1) is 11.4 Å². The minimum atomic E-state index is -0.0536. The number of amides is 1. The van der Waals surface area contributed by atoms with Crippen LogP contribution in [0.25, 0.3) is 16.9 Å². The summed E-state index contributed by atoms with van der Waals surface area (Å²) in [5, 5.41) is 15.2. The maximum absolute atomic E-state index is 13.6. The summed E-state index contributed by atoms with van der Waals surface area (Å²) in [5.74, 6) is 0.189. The summed E-state index contributed by atoms with van der Waals surface area (Å²) >= 11 is 6.04. The minimum Gasteiger partial charge on any atom is -0.508 e. The molecule has 0 spiro atoms. The highest BCUT2D eigenvalue weighted by Gasteiger charge is 2.26. The highest BCUT2D eigenvalue weighted by atomic mass is 35.5. The number of halogens is 1. The highest BCUT2D eigenvalue weighted by molar-refractivity contribution is 6.30. The molecule has 1 aliphatic rings. The van der Waals surface area contributed by atoms with Crippen molar-refractivity contribution in [2.45, 2.75) is 0 Å². The van der Waals surface area contributed by atoms with Crippen molar-refractivity contribution in [1.29, 1.82) is 0 Å². The van der Waals surface area contributed by atoms with E-state index in [0.717, 1.165) is 22.6 Å². The van der Waals surface area contributed by atoms with Crippen LogP contribution in [-0.2, 0) is 0 Å². The third-order valence-corrected chi connectivity index (χ3v) is 6.08. The number of rotatable bonds is 4. The fourth-order valence-corrected chi connectivity index (χ4v) is 4.21. The summed E-state index contributed by atoms with van der Waals surface area (Å²) in [6.07, 6.45) is 0. The van der Waals surface area contributed by atoms with Crippen molar-refractivity contribution in [2.24, 2.45) is 0 Å². The first-order chi connectivity index (χ1) is 16.1. The lowest BCUT2D eigenvalue weighted by atomic mass is 10.1. The number of carbonyl (C=O) groups is 1. The van der Waals surface area contributed by atoms with Crippen LogP contribution in [0.5, 0.6) is 5.75 Å². The Balaban J connectivity index is 1.42. The van der Waals surface area contributed by atoms with Crippen molar-refractivity contribution in [2.75, 3.05) is 31.1 Å². The topological polar surface area (TPSA) is 61.6 Å². The van der Waals surface area contributed by atoms with Crippen LogP contribution in [0, 0.1) is 0 Å². The molecule has 0 radical (unpaired) electrons. The molecule has 166 valence electrons. The van der Waals surface area contributed by atoms with Gasteiger partial charge in [0.25, 0.3) is 5.91 Å². The smallest absolute Gasteiger partial charge is 0.272 e. The van der Waals surface area contributed by atoms with Gasteiger partial charge in [-0.05, 0) is 42.5 Å². The molecule has 2 heterocycles. The van der Waals surface area contributed by atoms with Crippen molar-refractivity contribution >= 4 is 23.2 Å². The lowest BCUT2D eigenvalue weighted by Gasteiger charge is -2.36. The molecule has 1 fully saturated rings. The van der Waals surface area contributed by atoms with E-state index in [-0.39, 0.29) is 11.7 Å². The molecule has 0 saturated carbocycles. The maximum atomic E-state index is 13.6. The van der Waals surface area contributed by atoms with Crippen LogP contribution in [0.4, 0.5) is 5.69 Å². The Morgan fingerprint density at radius 2 is 1.52 bits per heavy atom. The standard InChI is InChI=1S/C26H23ClN4O2/c27-20-11-9-19(10-12-20)24-18-25(31(28-24)21-5-2-1-3-6-21)26(33)30-15-13-29(14-16-30)22-7-4-8-23(32)17-22/h1-12,17-18,32H,13-16H2. The van der Waals surface area contributed by atoms with E-state index in [4.69, 9.17) is 16.7 Å². The highest BCUT2D eigenvalue weighted by Crippen LogP contribution is 2.26. The van der Waals surface area contributed by atoms with Crippen molar-refractivity contribution < 1.29 is 9.90 Å². The summed E-state index contributed by atoms with van der Waals surface area (Å²) in [7, 11) is 0. The first-order valence-electron chi connectivity index (χ1n) is 10.8. The largest absolute Gasteiger partial charge is 0.508 e. The number of hydrogen-bond donors (Lipinski definition) is 1. The Morgan fingerprint density at radius 3 is 2.21 bits per heavy atom. The van der Waals surface area contributed by atoms with Gasteiger partial charge in [-0.15, -0.1) is 0 Å². The average Bonchev–Trinajstić information content (AvgIpc) is 3.30. The number of piperazine rings is 1. The van der Waals surface area contributed by atoms with Crippen LogP contribution in [-0.4, -0.2) is 51.9 Å². The van der Waals surface area contributed by atoms with Gasteiger partial charge in [0, 0.05) is 48.5 Å². The molecule has 1 aromatic heterocycles. The molecule has 5 rings (SSSR count). The third-order valence-electron chi connectivity index (χ3n) is 5.83. The molecule has 1 N–H and O–H groups in total. The van der Waals surface area contributed by atoms with Crippen molar-refractivity contribution in [3.8, 4) is 22.7 Å².